The minimum Gasteiger partial charge on any atom is -0.421 e. The molecular formula is C17H16N2O4. The first-order valence-corrected chi connectivity index (χ1v) is 6.92. The predicted octanol–water partition coefficient (Wildman–Crippen LogP) is 2.82. The number of carbonyl (C=O) groups excluding carboxylic acids is 3. The molecule has 6 heteroatoms. The lowest BCUT2D eigenvalue weighted by Gasteiger charge is -2.10. The molecule has 0 heterocycles. The average molecular weight is 312 g/mol. The highest BCUT2D eigenvalue weighted by Crippen LogP contribution is 2.25. The summed E-state index contributed by atoms with van der Waals surface area (Å²) in [5.74, 6) is -0.833. The van der Waals surface area contributed by atoms with Gasteiger partial charge in [0.25, 0.3) is 0 Å². The van der Waals surface area contributed by atoms with E-state index in [2.05, 4.69) is 10.6 Å². The summed E-state index contributed by atoms with van der Waals surface area (Å²) in [7, 11) is 0. The normalized spacial score (nSPS) is 9.83. The Morgan fingerprint density at radius 2 is 1.57 bits per heavy atom. The van der Waals surface area contributed by atoms with Crippen LogP contribution in [-0.2, 0) is 9.59 Å². The van der Waals surface area contributed by atoms with E-state index in [1.165, 1.54) is 19.9 Å². The van der Waals surface area contributed by atoms with Crippen molar-refractivity contribution in [3.05, 3.63) is 54.1 Å². The van der Waals surface area contributed by atoms with Gasteiger partial charge in [-0.25, -0.2) is 4.79 Å². The van der Waals surface area contributed by atoms with E-state index in [0.29, 0.717) is 11.4 Å². The number of benzene rings is 2. The number of esters is 1. The third-order valence-corrected chi connectivity index (χ3v) is 2.82. The number of nitrogens with one attached hydrogen (secondary N) is 2. The molecule has 0 radical (unpaired) electrons. The fraction of sp³-hybridized carbons (Fsp3) is 0.118. The molecule has 0 saturated carbocycles. The largest absolute Gasteiger partial charge is 0.421 e. The molecule has 23 heavy (non-hydrogen) atoms. The van der Waals surface area contributed by atoms with Crippen LogP contribution in [0.2, 0.25) is 0 Å². The summed E-state index contributed by atoms with van der Waals surface area (Å²) < 4.78 is 5.33. The molecule has 0 saturated heterocycles. The van der Waals surface area contributed by atoms with E-state index in [-0.39, 0.29) is 23.1 Å². The number of hydrogen-bond donors (Lipinski definition) is 2. The Balaban J connectivity index is 2.19. The molecule has 0 spiro atoms. The van der Waals surface area contributed by atoms with Crippen molar-refractivity contribution in [1.29, 1.82) is 0 Å². The van der Waals surface area contributed by atoms with Gasteiger partial charge < -0.3 is 15.4 Å². The van der Waals surface area contributed by atoms with Crippen molar-refractivity contribution < 1.29 is 19.1 Å². The van der Waals surface area contributed by atoms with E-state index < -0.39 is 5.97 Å². The molecule has 6 nitrogen and oxygen atoms in total. The number of carbonyl (C=O) groups is 3. The SMILES string of the molecule is CC(=O)Nc1cccc(C(=O)Oc2ccccc2NC(C)=O)c1. The minimum atomic E-state index is -0.588. The van der Waals surface area contributed by atoms with Crippen molar-refractivity contribution in [1.82, 2.24) is 0 Å². The van der Waals surface area contributed by atoms with Gasteiger partial charge in [-0.2, -0.15) is 0 Å². The van der Waals surface area contributed by atoms with Gasteiger partial charge in [-0.15, -0.1) is 0 Å². The summed E-state index contributed by atoms with van der Waals surface area (Å²) in [5, 5.41) is 5.19. The van der Waals surface area contributed by atoms with Crippen LogP contribution in [0, 0.1) is 0 Å². The van der Waals surface area contributed by atoms with Crippen molar-refractivity contribution >= 4 is 29.2 Å². The number of rotatable bonds is 4. The van der Waals surface area contributed by atoms with Crippen LogP contribution in [0.15, 0.2) is 48.5 Å². The van der Waals surface area contributed by atoms with Gasteiger partial charge in [0.15, 0.2) is 5.75 Å². The van der Waals surface area contributed by atoms with Crippen LogP contribution in [0.25, 0.3) is 0 Å². The van der Waals surface area contributed by atoms with Gasteiger partial charge in [-0.1, -0.05) is 18.2 Å². The monoisotopic (exact) mass is 312 g/mol. The quantitative estimate of drug-likeness (QED) is 0.671. The van der Waals surface area contributed by atoms with Crippen LogP contribution in [-0.4, -0.2) is 17.8 Å². The number of anilines is 2. The zero-order valence-corrected chi connectivity index (χ0v) is 12.8. The van der Waals surface area contributed by atoms with Gasteiger partial charge in [0.2, 0.25) is 11.8 Å². The molecule has 0 fully saturated rings. The zero-order valence-electron chi connectivity index (χ0n) is 12.8. The minimum absolute atomic E-state index is 0.230. The van der Waals surface area contributed by atoms with Crippen LogP contribution in [0.3, 0.4) is 0 Å². The second kappa shape index (κ2) is 7.22. The average Bonchev–Trinajstić information content (AvgIpc) is 2.48. The second-order valence-corrected chi connectivity index (χ2v) is 4.83. The summed E-state index contributed by atoms with van der Waals surface area (Å²) in [6.07, 6.45) is 0. The zero-order chi connectivity index (χ0) is 16.8. The number of ether oxygens (including phenoxy) is 1. The lowest BCUT2D eigenvalue weighted by Crippen LogP contribution is -2.13. The molecular weight excluding hydrogens is 296 g/mol. The Hall–Kier alpha value is -3.15. The molecule has 0 unspecified atom stereocenters. The standard InChI is InChI=1S/C17H16N2O4/c1-11(20)18-14-7-5-6-13(10-14)17(22)23-16-9-4-3-8-15(16)19-12(2)21/h3-10H,1-2H3,(H,18,20)(H,19,21). The number of amides is 2. The van der Waals surface area contributed by atoms with E-state index in [1.54, 1.807) is 42.5 Å². The summed E-state index contributed by atoms with van der Waals surface area (Å²) in [6, 6.07) is 13.0. The summed E-state index contributed by atoms with van der Waals surface area (Å²) in [4.78, 5) is 34.5. The van der Waals surface area contributed by atoms with Gasteiger partial charge in [-0.3, -0.25) is 9.59 Å². The molecule has 2 aromatic carbocycles. The van der Waals surface area contributed by atoms with Crippen LogP contribution >= 0.6 is 0 Å². The fourth-order valence-corrected chi connectivity index (χ4v) is 1.93. The van der Waals surface area contributed by atoms with E-state index >= 15 is 0 Å². The summed E-state index contributed by atoms with van der Waals surface area (Å²) in [6.45, 7) is 2.75. The number of para-hydroxylation sites is 2. The highest BCUT2D eigenvalue weighted by Gasteiger charge is 2.13. The number of hydrogen-bond acceptors (Lipinski definition) is 4. The molecule has 2 N–H and O–H groups in total. The topological polar surface area (TPSA) is 84.5 Å². The van der Waals surface area contributed by atoms with Gasteiger partial charge in [0, 0.05) is 19.5 Å². The van der Waals surface area contributed by atoms with Crippen molar-refractivity contribution in [2.75, 3.05) is 10.6 Å². The Morgan fingerprint density at radius 3 is 2.26 bits per heavy atom. The highest BCUT2D eigenvalue weighted by atomic mass is 16.5. The third-order valence-electron chi connectivity index (χ3n) is 2.82. The molecule has 0 aromatic heterocycles. The first kappa shape index (κ1) is 16.2. The molecule has 2 aromatic rings. The molecule has 0 bridgehead atoms. The van der Waals surface area contributed by atoms with Crippen molar-refractivity contribution in [3.63, 3.8) is 0 Å². The van der Waals surface area contributed by atoms with Crippen molar-refractivity contribution in [3.8, 4) is 5.75 Å². The van der Waals surface area contributed by atoms with E-state index in [1.807, 2.05) is 0 Å². The summed E-state index contributed by atoms with van der Waals surface area (Å²) in [5.41, 5.74) is 1.20. The van der Waals surface area contributed by atoms with E-state index in [4.69, 9.17) is 4.74 Å². The van der Waals surface area contributed by atoms with Crippen LogP contribution in [0.4, 0.5) is 11.4 Å². The first-order chi connectivity index (χ1) is 11.0. The van der Waals surface area contributed by atoms with Crippen molar-refractivity contribution in [2.24, 2.45) is 0 Å². The Bertz CT molecular complexity index is 756. The molecule has 2 amide bonds. The molecule has 0 atom stereocenters. The third kappa shape index (κ3) is 4.67. The molecule has 118 valence electrons. The maximum atomic E-state index is 12.2. The van der Waals surface area contributed by atoms with Gasteiger partial charge >= 0.3 is 5.97 Å². The summed E-state index contributed by atoms with van der Waals surface area (Å²) >= 11 is 0. The maximum absolute atomic E-state index is 12.2. The maximum Gasteiger partial charge on any atom is 0.343 e. The Labute approximate surface area is 133 Å². The molecule has 0 aliphatic rings. The van der Waals surface area contributed by atoms with E-state index in [9.17, 15) is 14.4 Å². The fourth-order valence-electron chi connectivity index (χ4n) is 1.93. The van der Waals surface area contributed by atoms with Crippen molar-refractivity contribution in [2.45, 2.75) is 13.8 Å². The molecule has 2 rings (SSSR count). The lowest BCUT2D eigenvalue weighted by atomic mass is 10.2. The Kier molecular flexibility index (Phi) is 5.09. The first-order valence-electron chi connectivity index (χ1n) is 6.92. The van der Waals surface area contributed by atoms with Gasteiger partial charge in [0.1, 0.15) is 0 Å². The van der Waals surface area contributed by atoms with Crippen LogP contribution < -0.4 is 15.4 Å². The van der Waals surface area contributed by atoms with Gasteiger partial charge in [-0.05, 0) is 30.3 Å². The Morgan fingerprint density at radius 1 is 0.870 bits per heavy atom. The van der Waals surface area contributed by atoms with E-state index in [0.717, 1.165) is 0 Å². The van der Waals surface area contributed by atoms with Crippen LogP contribution in [0.1, 0.15) is 24.2 Å². The highest BCUT2D eigenvalue weighted by molar-refractivity contribution is 5.96. The molecule has 0 aliphatic carbocycles. The predicted molar refractivity (Wildman–Crippen MR) is 86.4 cm³/mol. The molecule has 0 aliphatic heterocycles. The van der Waals surface area contributed by atoms with Gasteiger partial charge in [0.05, 0.1) is 11.3 Å². The second-order valence-electron chi connectivity index (χ2n) is 4.83. The lowest BCUT2D eigenvalue weighted by molar-refractivity contribution is -0.115. The smallest absolute Gasteiger partial charge is 0.343 e. The van der Waals surface area contributed by atoms with Crippen LogP contribution in [0.5, 0.6) is 5.75 Å².